The van der Waals surface area contributed by atoms with Crippen LogP contribution in [0, 0.1) is 5.92 Å². The summed E-state index contributed by atoms with van der Waals surface area (Å²) >= 11 is 0. The Bertz CT molecular complexity index is 263. The molecule has 1 heterocycles. The quantitative estimate of drug-likeness (QED) is 0.603. The van der Waals surface area contributed by atoms with E-state index < -0.39 is 0 Å². The molecule has 2 amide bonds. The minimum absolute atomic E-state index is 0.0196. The second-order valence-corrected chi connectivity index (χ2v) is 4.11. The molecule has 1 saturated heterocycles. The largest absolute Gasteiger partial charge is 0.370 e. The van der Waals surface area contributed by atoms with E-state index in [1.165, 1.54) is 0 Å². The average Bonchev–Trinajstić information content (AvgIpc) is 2.38. The van der Waals surface area contributed by atoms with Crippen LogP contribution >= 0.6 is 0 Å². The number of ether oxygens (including phenoxy) is 1. The number of hydrogen-bond donors (Lipinski definition) is 2. The van der Waals surface area contributed by atoms with Crippen LogP contribution in [-0.2, 0) is 14.3 Å². The van der Waals surface area contributed by atoms with Crippen molar-refractivity contribution < 1.29 is 14.3 Å². The minimum Gasteiger partial charge on any atom is -0.370 e. The van der Waals surface area contributed by atoms with Crippen molar-refractivity contribution >= 4 is 11.8 Å². The average molecular weight is 243 g/mol. The van der Waals surface area contributed by atoms with Gasteiger partial charge in [-0.15, -0.1) is 0 Å². The van der Waals surface area contributed by atoms with Gasteiger partial charge in [0.25, 0.3) is 0 Å². The highest BCUT2D eigenvalue weighted by Crippen LogP contribution is 2.17. The number of nitrogens with two attached hydrogens (primary N) is 1. The van der Waals surface area contributed by atoms with E-state index in [1.54, 1.807) is 11.9 Å². The number of likely N-dealkylation sites (tertiary alicyclic amines) is 1. The predicted octanol–water partition coefficient (Wildman–Crippen LogP) is -1.05. The van der Waals surface area contributed by atoms with Gasteiger partial charge in [-0.05, 0) is 12.8 Å². The topological polar surface area (TPSA) is 84.7 Å². The summed E-state index contributed by atoms with van der Waals surface area (Å²) in [6, 6.07) is 0. The third kappa shape index (κ3) is 4.32. The van der Waals surface area contributed by atoms with Crippen LogP contribution in [0.3, 0.4) is 0 Å². The molecule has 17 heavy (non-hydrogen) atoms. The Morgan fingerprint density at radius 1 is 1.41 bits per heavy atom. The lowest BCUT2D eigenvalue weighted by molar-refractivity contribution is -0.139. The number of amides is 2. The zero-order valence-electron chi connectivity index (χ0n) is 10.3. The van der Waals surface area contributed by atoms with Gasteiger partial charge in [-0.1, -0.05) is 0 Å². The summed E-state index contributed by atoms with van der Waals surface area (Å²) in [6.07, 6.45) is 1.45. The summed E-state index contributed by atoms with van der Waals surface area (Å²) in [7, 11) is 1.64. The first-order valence-corrected chi connectivity index (χ1v) is 5.96. The van der Waals surface area contributed by atoms with Gasteiger partial charge in [-0.25, -0.2) is 0 Å². The van der Waals surface area contributed by atoms with Gasteiger partial charge < -0.3 is 20.7 Å². The van der Waals surface area contributed by atoms with E-state index in [4.69, 9.17) is 10.5 Å². The fourth-order valence-corrected chi connectivity index (χ4v) is 1.93. The molecule has 0 unspecified atom stereocenters. The van der Waals surface area contributed by atoms with Gasteiger partial charge in [0.15, 0.2) is 0 Å². The summed E-state index contributed by atoms with van der Waals surface area (Å²) in [5.74, 6) is 0.0827. The fourth-order valence-electron chi connectivity index (χ4n) is 1.93. The van der Waals surface area contributed by atoms with E-state index >= 15 is 0 Å². The van der Waals surface area contributed by atoms with Crippen LogP contribution in [0.4, 0.5) is 0 Å². The number of carbonyl (C=O) groups excluding carboxylic acids is 2. The number of hydrogen-bond acceptors (Lipinski definition) is 4. The van der Waals surface area contributed by atoms with E-state index in [0.29, 0.717) is 26.2 Å². The second-order valence-electron chi connectivity index (χ2n) is 4.11. The van der Waals surface area contributed by atoms with Crippen molar-refractivity contribution in [1.29, 1.82) is 0 Å². The summed E-state index contributed by atoms with van der Waals surface area (Å²) in [6.45, 7) is 2.17. The SMILES string of the molecule is CNC(=O)C1CCN(C(=O)COCCN)CC1. The molecule has 0 atom stereocenters. The molecule has 6 nitrogen and oxygen atoms in total. The lowest BCUT2D eigenvalue weighted by Crippen LogP contribution is -2.43. The molecule has 0 aromatic heterocycles. The van der Waals surface area contributed by atoms with Crippen molar-refractivity contribution in [2.45, 2.75) is 12.8 Å². The van der Waals surface area contributed by atoms with Crippen molar-refractivity contribution in [2.75, 3.05) is 39.9 Å². The molecule has 0 radical (unpaired) electrons. The molecular weight excluding hydrogens is 222 g/mol. The van der Waals surface area contributed by atoms with Crippen molar-refractivity contribution in [1.82, 2.24) is 10.2 Å². The Hall–Kier alpha value is -1.14. The minimum atomic E-state index is -0.0196. The molecule has 0 saturated carbocycles. The summed E-state index contributed by atoms with van der Waals surface area (Å²) in [5.41, 5.74) is 5.27. The van der Waals surface area contributed by atoms with Crippen LogP contribution < -0.4 is 11.1 Å². The third-order valence-electron chi connectivity index (χ3n) is 2.95. The maximum Gasteiger partial charge on any atom is 0.248 e. The maximum absolute atomic E-state index is 11.7. The Kier molecular flexibility index (Phi) is 5.93. The van der Waals surface area contributed by atoms with Gasteiger partial charge >= 0.3 is 0 Å². The van der Waals surface area contributed by atoms with Crippen LogP contribution in [0.25, 0.3) is 0 Å². The smallest absolute Gasteiger partial charge is 0.248 e. The van der Waals surface area contributed by atoms with Crippen LogP contribution in [0.5, 0.6) is 0 Å². The lowest BCUT2D eigenvalue weighted by Gasteiger charge is -2.31. The van der Waals surface area contributed by atoms with Crippen molar-refractivity contribution in [3.63, 3.8) is 0 Å². The Morgan fingerprint density at radius 3 is 2.59 bits per heavy atom. The molecular formula is C11H21N3O3. The van der Waals surface area contributed by atoms with Crippen LogP contribution in [0.15, 0.2) is 0 Å². The van der Waals surface area contributed by atoms with Gasteiger partial charge in [0.2, 0.25) is 11.8 Å². The fraction of sp³-hybridized carbons (Fsp3) is 0.818. The zero-order chi connectivity index (χ0) is 12.7. The van der Waals surface area contributed by atoms with Crippen molar-refractivity contribution in [3.8, 4) is 0 Å². The molecule has 0 bridgehead atoms. The maximum atomic E-state index is 11.7. The zero-order valence-corrected chi connectivity index (χ0v) is 10.3. The predicted molar refractivity (Wildman–Crippen MR) is 63.2 cm³/mol. The Balaban J connectivity index is 2.26. The number of rotatable bonds is 5. The second kappa shape index (κ2) is 7.24. The summed E-state index contributed by atoms with van der Waals surface area (Å²) in [4.78, 5) is 24.8. The number of carbonyl (C=O) groups is 2. The lowest BCUT2D eigenvalue weighted by atomic mass is 9.96. The van der Waals surface area contributed by atoms with Crippen molar-refractivity contribution in [3.05, 3.63) is 0 Å². The monoisotopic (exact) mass is 243 g/mol. The van der Waals surface area contributed by atoms with Crippen LogP contribution in [0.2, 0.25) is 0 Å². The van der Waals surface area contributed by atoms with Gasteiger partial charge in [0.05, 0.1) is 6.61 Å². The molecule has 0 aliphatic carbocycles. The first-order chi connectivity index (χ1) is 8.19. The summed E-state index contributed by atoms with van der Waals surface area (Å²) < 4.78 is 5.10. The summed E-state index contributed by atoms with van der Waals surface area (Å²) in [5, 5.41) is 2.64. The molecule has 1 aliphatic heterocycles. The van der Waals surface area contributed by atoms with E-state index in [-0.39, 0.29) is 24.3 Å². The highest BCUT2D eigenvalue weighted by atomic mass is 16.5. The first-order valence-electron chi connectivity index (χ1n) is 5.96. The molecule has 3 N–H and O–H groups in total. The number of nitrogens with one attached hydrogen (secondary N) is 1. The molecule has 1 fully saturated rings. The molecule has 6 heteroatoms. The highest BCUT2D eigenvalue weighted by Gasteiger charge is 2.26. The number of nitrogens with zero attached hydrogens (tertiary/aromatic N) is 1. The van der Waals surface area contributed by atoms with E-state index in [9.17, 15) is 9.59 Å². The Labute approximate surface area is 101 Å². The van der Waals surface area contributed by atoms with Gasteiger partial charge in [-0.3, -0.25) is 9.59 Å². The Morgan fingerprint density at radius 2 is 2.06 bits per heavy atom. The normalized spacial score (nSPS) is 16.9. The van der Waals surface area contributed by atoms with E-state index in [0.717, 1.165) is 12.8 Å². The van der Waals surface area contributed by atoms with Crippen molar-refractivity contribution in [2.24, 2.45) is 11.7 Å². The van der Waals surface area contributed by atoms with E-state index in [2.05, 4.69) is 5.32 Å². The standard InChI is InChI=1S/C11H21N3O3/c1-13-11(16)9-2-5-14(6-3-9)10(15)8-17-7-4-12/h9H,2-8,12H2,1H3,(H,13,16). The van der Waals surface area contributed by atoms with Gasteiger partial charge in [-0.2, -0.15) is 0 Å². The molecule has 98 valence electrons. The number of piperidine rings is 1. The van der Waals surface area contributed by atoms with Gasteiger partial charge in [0.1, 0.15) is 6.61 Å². The third-order valence-corrected chi connectivity index (χ3v) is 2.95. The molecule has 0 spiro atoms. The van der Waals surface area contributed by atoms with E-state index in [1.807, 2.05) is 0 Å². The molecule has 0 aromatic carbocycles. The molecule has 0 aromatic rings. The van der Waals surface area contributed by atoms with Gasteiger partial charge in [0, 0.05) is 32.6 Å². The van der Waals surface area contributed by atoms with Crippen LogP contribution in [0.1, 0.15) is 12.8 Å². The highest BCUT2D eigenvalue weighted by molar-refractivity contribution is 5.80. The molecule has 1 aliphatic rings. The first kappa shape index (κ1) is 13.9. The molecule has 1 rings (SSSR count). The van der Waals surface area contributed by atoms with Crippen LogP contribution in [-0.4, -0.2) is 56.6 Å².